The molecular formula is C21H27N2+. The largest absolute Gasteiger partial charge is 0.347 e. The molecule has 0 saturated carbocycles. The highest BCUT2D eigenvalue weighted by Gasteiger charge is 2.39. The van der Waals surface area contributed by atoms with Crippen molar-refractivity contribution in [2.24, 2.45) is 0 Å². The normalized spacial score (nSPS) is 17.6. The third-order valence-corrected chi connectivity index (χ3v) is 5.15. The van der Waals surface area contributed by atoms with Gasteiger partial charge in [0.25, 0.3) is 0 Å². The van der Waals surface area contributed by atoms with Gasteiger partial charge in [-0.1, -0.05) is 44.2 Å². The van der Waals surface area contributed by atoms with Crippen LogP contribution in [0.3, 0.4) is 0 Å². The highest BCUT2D eigenvalue weighted by molar-refractivity contribution is 5.95. The molecule has 23 heavy (non-hydrogen) atoms. The summed E-state index contributed by atoms with van der Waals surface area (Å²) < 4.78 is 2.33. The monoisotopic (exact) mass is 307 g/mol. The molecule has 0 spiro atoms. The summed E-state index contributed by atoms with van der Waals surface area (Å²) >= 11 is 0. The summed E-state index contributed by atoms with van der Waals surface area (Å²) in [7, 11) is 2.18. The molecule has 1 aliphatic heterocycles. The number of hydrogen-bond acceptors (Lipinski definition) is 1. The van der Waals surface area contributed by atoms with Crippen LogP contribution in [0.5, 0.6) is 0 Å². The predicted octanol–water partition coefficient (Wildman–Crippen LogP) is 4.57. The molecule has 0 unspecified atom stereocenters. The highest BCUT2D eigenvalue weighted by atomic mass is 15.2. The number of rotatable bonds is 3. The Morgan fingerprint density at radius 1 is 1.04 bits per heavy atom. The maximum absolute atomic E-state index is 2.35. The van der Waals surface area contributed by atoms with Crippen molar-refractivity contribution in [1.82, 2.24) is 0 Å². The molecule has 0 bridgehead atoms. The molecule has 0 fully saturated rings. The van der Waals surface area contributed by atoms with Crippen molar-refractivity contribution in [2.45, 2.75) is 33.1 Å². The molecule has 0 radical (unpaired) electrons. The SMILES string of the molecule is CC[N+](=CC=C1N(C)c2ccc3ccccc3c2C1(C)C)CC. The first-order valence-corrected chi connectivity index (χ1v) is 8.56. The van der Waals surface area contributed by atoms with E-state index >= 15 is 0 Å². The van der Waals surface area contributed by atoms with Gasteiger partial charge in [0, 0.05) is 29.9 Å². The molecule has 0 aliphatic carbocycles. The summed E-state index contributed by atoms with van der Waals surface area (Å²) in [6, 6.07) is 13.2. The Bertz CT molecular complexity index is 791. The van der Waals surface area contributed by atoms with Crippen molar-refractivity contribution in [1.29, 1.82) is 0 Å². The van der Waals surface area contributed by atoms with Crippen LogP contribution in [0, 0.1) is 0 Å². The van der Waals surface area contributed by atoms with E-state index in [1.165, 1.54) is 27.7 Å². The van der Waals surface area contributed by atoms with Crippen LogP contribution in [0.1, 0.15) is 33.3 Å². The fraction of sp³-hybridized carbons (Fsp3) is 0.381. The average molecular weight is 307 g/mol. The van der Waals surface area contributed by atoms with E-state index in [9.17, 15) is 0 Å². The summed E-state index contributed by atoms with van der Waals surface area (Å²) in [5.41, 5.74) is 4.13. The zero-order valence-corrected chi connectivity index (χ0v) is 14.9. The Balaban J connectivity index is 2.19. The zero-order valence-electron chi connectivity index (χ0n) is 14.9. The molecule has 3 rings (SSSR count). The van der Waals surface area contributed by atoms with Crippen LogP contribution >= 0.6 is 0 Å². The van der Waals surface area contributed by atoms with Gasteiger partial charge in [-0.2, -0.15) is 0 Å². The smallest absolute Gasteiger partial charge is 0.165 e. The van der Waals surface area contributed by atoms with Crippen molar-refractivity contribution >= 4 is 22.7 Å². The minimum Gasteiger partial charge on any atom is -0.347 e. The number of benzene rings is 2. The minimum absolute atomic E-state index is 0.00853. The molecular weight excluding hydrogens is 280 g/mol. The van der Waals surface area contributed by atoms with Crippen molar-refractivity contribution in [3.05, 3.63) is 53.7 Å². The van der Waals surface area contributed by atoms with Gasteiger partial charge < -0.3 is 4.90 Å². The first-order chi connectivity index (χ1) is 11.0. The van der Waals surface area contributed by atoms with Crippen LogP contribution < -0.4 is 4.90 Å². The van der Waals surface area contributed by atoms with Gasteiger partial charge in [-0.25, -0.2) is 4.58 Å². The minimum atomic E-state index is 0.00853. The second kappa shape index (κ2) is 5.84. The average Bonchev–Trinajstić information content (AvgIpc) is 2.76. The predicted molar refractivity (Wildman–Crippen MR) is 101 cm³/mol. The lowest BCUT2D eigenvalue weighted by atomic mass is 9.81. The number of likely N-dealkylation sites (N-methyl/N-ethyl adjacent to an activating group) is 1. The van der Waals surface area contributed by atoms with Crippen molar-refractivity contribution in [3.63, 3.8) is 0 Å². The summed E-state index contributed by atoms with van der Waals surface area (Å²) in [5.74, 6) is 0. The fourth-order valence-electron chi connectivity index (χ4n) is 3.80. The molecule has 0 N–H and O–H groups in total. The van der Waals surface area contributed by atoms with E-state index in [4.69, 9.17) is 0 Å². The molecule has 2 heteroatoms. The molecule has 2 aromatic carbocycles. The summed E-state index contributed by atoms with van der Waals surface area (Å²) in [4.78, 5) is 2.35. The topological polar surface area (TPSA) is 6.25 Å². The molecule has 0 aromatic heterocycles. The van der Waals surface area contributed by atoms with Gasteiger partial charge in [-0.05, 0) is 36.2 Å². The molecule has 2 aromatic rings. The van der Waals surface area contributed by atoms with E-state index < -0.39 is 0 Å². The van der Waals surface area contributed by atoms with E-state index in [1.807, 2.05) is 0 Å². The van der Waals surface area contributed by atoms with Gasteiger partial charge in [-0.3, -0.25) is 0 Å². The van der Waals surface area contributed by atoms with Gasteiger partial charge in [0.15, 0.2) is 6.21 Å². The maximum Gasteiger partial charge on any atom is 0.165 e. The lowest BCUT2D eigenvalue weighted by Crippen LogP contribution is -2.24. The molecule has 0 amide bonds. The van der Waals surface area contributed by atoms with E-state index in [1.54, 1.807) is 0 Å². The van der Waals surface area contributed by atoms with Crippen LogP contribution in [0.25, 0.3) is 10.8 Å². The number of allylic oxidation sites excluding steroid dienone is 2. The number of nitrogens with zero attached hydrogens (tertiary/aromatic N) is 2. The third kappa shape index (κ3) is 2.46. The molecule has 0 saturated heterocycles. The molecule has 120 valence electrons. The second-order valence-corrected chi connectivity index (χ2v) is 6.79. The Labute approximate surface area is 139 Å². The number of hydrogen-bond donors (Lipinski definition) is 0. The van der Waals surface area contributed by atoms with E-state index in [0.717, 1.165) is 13.1 Å². The van der Waals surface area contributed by atoms with E-state index in [2.05, 4.69) is 92.9 Å². The Morgan fingerprint density at radius 2 is 1.74 bits per heavy atom. The van der Waals surface area contributed by atoms with E-state index in [-0.39, 0.29) is 5.41 Å². The molecule has 1 heterocycles. The highest BCUT2D eigenvalue weighted by Crippen LogP contribution is 2.49. The maximum atomic E-state index is 2.35. The molecule has 2 nitrogen and oxygen atoms in total. The Hall–Kier alpha value is -2.09. The molecule has 1 aliphatic rings. The van der Waals surface area contributed by atoms with Crippen molar-refractivity contribution in [3.8, 4) is 0 Å². The summed E-state index contributed by atoms with van der Waals surface area (Å²) in [6.07, 6.45) is 4.53. The van der Waals surface area contributed by atoms with Crippen LogP contribution in [0.15, 0.2) is 48.2 Å². The third-order valence-electron chi connectivity index (χ3n) is 5.15. The Kier molecular flexibility index (Phi) is 4.01. The lowest BCUT2D eigenvalue weighted by Gasteiger charge is -2.23. The van der Waals surface area contributed by atoms with Gasteiger partial charge in [0.05, 0.1) is 0 Å². The van der Waals surface area contributed by atoms with Gasteiger partial charge in [0.1, 0.15) is 13.1 Å². The molecule has 0 atom stereocenters. The van der Waals surface area contributed by atoms with Crippen LogP contribution in [-0.4, -0.2) is 30.9 Å². The van der Waals surface area contributed by atoms with Crippen LogP contribution in [0.2, 0.25) is 0 Å². The van der Waals surface area contributed by atoms with Crippen LogP contribution in [0.4, 0.5) is 5.69 Å². The van der Waals surface area contributed by atoms with Gasteiger partial charge >= 0.3 is 0 Å². The number of anilines is 1. The van der Waals surface area contributed by atoms with E-state index in [0.29, 0.717) is 0 Å². The van der Waals surface area contributed by atoms with Gasteiger partial charge in [0.2, 0.25) is 0 Å². The number of fused-ring (bicyclic) bond motifs is 3. The fourth-order valence-corrected chi connectivity index (χ4v) is 3.80. The first-order valence-electron chi connectivity index (χ1n) is 8.56. The zero-order chi connectivity index (χ0) is 16.6. The standard InChI is InChI=1S/C21H27N2/c1-6-23(7-2)15-14-19-21(3,4)20-17-11-9-8-10-16(17)12-13-18(20)22(19)5/h8-15H,6-7H2,1-5H3/q+1. The lowest BCUT2D eigenvalue weighted by molar-refractivity contribution is -0.515. The van der Waals surface area contributed by atoms with Crippen LogP contribution in [-0.2, 0) is 5.41 Å². The Morgan fingerprint density at radius 3 is 2.43 bits per heavy atom. The van der Waals surface area contributed by atoms with Crippen molar-refractivity contribution in [2.75, 3.05) is 25.0 Å². The summed E-state index contributed by atoms with van der Waals surface area (Å²) in [5, 5.41) is 2.69. The second-order valence-electron chi connectivity index (χ2n) is 6.79. The van der Waals surface area contributed by atoms with Gasteiger partial charge in [-0.15, -0.1) is 0 Å². The first kappa shape index (κ1) is 15.8. The van der Waals surface area contributed by atoms with Crippen molar-refractivity contribution < 1.29 is 4.58 Å². The quantitative estimate of drug-likeness (QED) is 0.594. The summed E-state index contributed by atoms with van der Waals surface area (Å²) in [6.45, 7) is 11.2.